The fraction of sp³-hybridized carbons (Fsp3) is 0.286. The number of hydrazine groups is 1. The molecule has 1 aliphatic carbocycles. The van der Waals surface area contributed by atoms with Gasteiger partial charge in [-0.1, -0.05) is 12.1 Å². The Kier molecular flexibility index (Phi) is 3.05. The van der Waals surface area contributed by atoms with Crippen LogP contribution in [0.4, 0.5) is 5.82 Å². The van der Waals surface area contributed by atoms with Crippen LogP contribution in [-0.2, 0) is 19.4 Å². The maximum atomic E-state index is 12.1. The van der Waals surface area contributed by atoms with Crippen molar-refractivity contribution in [1.82, 2.24) is 9.55 Å². The molecule has 5 nitrogen and oxygen atoms in total. The average Bonchev–Trinajstić information content (AvgIpc) is 2.91. The molecule has 0 atom stereocenters. The summed E-state index contributed by atoms with van der Waals surface area (Å²) in [6, 6.07) is 7.38. The summed E-state index contributed by atoms with van der Waals surface area (Å²) in [6.45, 7) is 0.509. The summed E-state index contributed by atoms with van der Waals surface area (Å²) in [6.07, 6.45) is 4.83. The highest BCUT2D eigenvalue weighted by Gasteiger charge is 2.16. The second-order valence-electron chi connectivity index (χ2n) is 4.74. The maximum Gasteiger partial charge on any atom is 0.251 e. The fourth-order valence-corrected chi connectivity index (χ4v) is 2.67. The molecule has 0 radical (unpaired) electrons. The lowest BCUT2D eigenvalue weighted by molar-refractivity contribution is 0.706. The van der Waals surface area contributed by atoms with Crippen LogP contribution in [0, 0.1) is 0 Å². The van der Waals surface area contributed by atoms with Gasteiger partial charge >= 0.3 is 0 Å². The highest BCUT2D eigenvalue weighted by molar-refractivity contribution is 5.43. The lowest BCUT2D eigenvalue weighted by Gasteiger charge is -2.13. The second-order valence-corrected chi connectivity index (χ2v) is 4.74. The minimum Gasteiger partial charge on any atom is -0.308 e. The standard InChI is InChI=1S/C14H16N4O/c15-17-14-11(4-2-8-16-14)9-18-12-5-1-3-10(12)6-7-13(18)19/h2,4,6-8H,1,3,5,9,15H2,(H,16,17). The number of anilines is 1. The summed E-state index contributed by atoms with van der Waals surface area (Å²) in [5, 5.41) is 0. The highest BCUT2D eigenvalue weighted by atomic mass is 16.1. The SMILES string of the molecule is NNc1ncccc1Cn1c2c(ccc1=O)CCC2. The van der Waals surface area contributed by atoms with E-state index in [0.29, 0.717) is 12.4 Å². The Morgan fingerprint density at radius 3 is 3.05 bits per heavy atom. The van der Waals surface area contributed by atoms with Crippen molar-refractivity contribution in [2.75, 3.05) is 5.43 Å². The van der Waals surface area contributed by atoms with Crippen LogP contribution in [0.1, 0.15) is 23.2 Å². The van der Waals surface area contributed by atoms with Crippen LogP contribution in [0.2, 0.25) is 0 Å². The maximum absolute atomic E-state index is 12.1. The molecule has 0 saturated carbocycles. The summed E-state index contributed by atoms with van der Waals surface area (Å²) in [4.78, 5) is 16.2. The van der Waals surface area contributed by atoms with E-state index >= 15 is 0 Å². The molecule has 3 rings (SSSR count). The molecular formula is C14H16N4O. The van der Waals surface area contributed by atoms with Gasteiger partial charge in [-0.15, -0.1) is 0 Å². The minimum atomic E-state index is 0.0347. The van der Waals surface area contributed by atoms with Gasteiger partial charge in [0.25, 0.3) is 5.56 Å². The molecule has 5 heteroatoms. The number of nitrogens with two attached hydrogens (primary N) is 1. The molecular weight excluding hydrogens is 240 g/mol. The van der Waals surface area contributed by atoms with Crippen molar-refractivity contribution < 1.29 is 0 Å². The van der Waals surface area contributed by atoms with Crippen LogP contribution < -0.4 is 16.8 Å². The van der Waals surface area contributed by atoms with E-state index in [-0.39, 0.29) is 5.56 Å². The van der Waals surface area contributed by atoms with Crippen molar-refractivity contribution in [3.05, 3.63) is 57.6 Å². The first-order valence-electron chi connectivity index (χ1n) is 6.41. The molecule has 3 N–H and O–H groups in total. The summed E-state index contributed by atoms with van der Waals surface area (Å²) in [5.74, 6) is 6.07. The van der Waals surface area contributed by atoms with Crippen molar-refractivity contribution in [3.8, 4) is 0 Å². The van der Waals surface area contributed by atoms with Crippen molar-refractivity contribution >= 4 is 5.82 Å². The van der Waals surface area contributed by atoms with Gasteiger partial charge in [0.1, 0.15) is 5.82 Å². The molecule has 19 heavy (non-hydrogen) atoms. The first-order valence-corrected chi connectivity index (χ1v) is 6.41. The molecule has 0 saturated heterocycles. The first-order chi connectivity index (χ1) is 9.29. The molecule has 2 aromatic heterocycles. The Labute approximate surface area is 111 Å². The van der Waals surface area contributed by atoms with Gasteiger partial charge in [0.15, 0.2) is 0 Å². The normalized spacial score (nSPS) is 13.3. The van der Waals surface area contributed by atoms with Crippen LogP contribution in [-0.4, -0.2) is 9.55 Å². The van der Waals surface area contributed by atoms with Crippen LogP contribution in [0.25, 0.3) is 0 Å². The Hall–Kier alpha value is -2.14. The zero-order chi connectivity index (χ0) is 13.2. The van der Waals surface area contributed by atoms with Gasteiger partial charge in [-0.2, -0.15) is 0 Å². The van der Waals surface area contributed by atoms with Gasteiger partial charge in [0.2, 0.25) is 0 Å². The zero-order valence-electron chi connectivity index (χ0n) is 10.6. The molecule has 0 spiro atoms. The average molecular weight is 256 g/mol. The molecule has 0 bridgehead atoms. The Morgan fingerprint density at radius 1 is 1.32 bits per heavy atom. The van der Waals surface area contributed by atoms with E-state index in [2.05, 4.69) is 10.4 Å². The first kappa shape index (κ1) is 11.9. The molecule has 0 aromatic carbocycles. The molecule has 0 unspecified atom stereocenters. The van der Waals surface area contributed by atoms with Gasteiger partial charge in [0, 0.05) is 23.5 Å². The van der Waals surface area contributed by atoms with Crippen molar-refractivity contribution in [3.63, 3.8) is 0 Å². The summed E-state index contributed by atoms with van der Waals surface area (Å²) < 4.78 is 1.83. The van der Waals surface area contributed by atoms with E-state index < -0.39 is 0 Å². The van der Waals surface area contributed by atoms with Crippen molar-refractivity contribution in [2.24, 2.45) is 5.84 Å². The van der Waals surface area contributed by atoms with Crippen molar-refractivity contribution in [1.29, 1.82) is 0 Å². The van der Waals surface area contributed by atoms with Crippen LogP contribution in [0.3, 0.4) is 0 Å². The number of pyridine rings is 2. The third-order valence-corrected chi connectivity index (χ3v) is 3.61. The van der Waals surface area contributed by atoms with Gasteiger partial charge in [-0.05, 0) is 30.9 Å². The summed E-state index contributed by atoms with van der Waals surface area (Å²) in [5.41, 5.74) is 5.97. The summed E-state index contributed by atoms with van der Waals surface area (Å²) in [7, 11) is 0. The topological polar surface area (TPSA) is 72.9 Å². The molecule has 2 heterocycles. The fourth-order valence-electron chi connectivity index (χ4n) is 2.67. The molecule has 1 aliphatic rings. The number of rotatable bonds is 3. The van der Waals surface area contributed by atoms with Gasteiger partial charge in [-0.3, -0.25) is 4.79 Å². The summed E-state index contributed by atoms with van der Waals surface area (Å²) >= 11 is 0. The quantitative estimate of drug-likeness (QED) is 0.636. The van der Waals surface area contributed by atoms with Gasteiger partial charge in [0.05, 0.1) is 6.54 Å². The smallest absolute Gasteiger partial charge is 0.251 e. The van der Waals surface area contributed by atoms with Crippen LogP contribution in [0.5, 0.6) is 0 Å². The van der Waals surface area contributed by atoms with E-state index in [1.807, 2.05) is 22.8 Å². The predicted octanol–water partition coefficient (Wildman–Crippen LogP) is 1.07. The Balaban J connectivity index is 2.05. The van der Waals surface area contributed by atoms with Gasteiger partial charge < -0.3 is 9.99 Å². The number of hydrogen-bond donors (Lipinski definition) is 2. The number of fused-ring (bicyclic) bond motifs is 1. The highest BCUT2D eigenvalue weighted by Crippen LogP contribution is 2.21. The lowest BCUT2D eigenvalue weighted by atomic mass is 10.2. The Bertz CT molecular complexity index is 663. The number of hydrogen-bond acceptors (Lipinski definition) is 4. The number of nitrogens with zero attached hydrogens (tertiary/aromatic N) is 2. The van der Waals surface area contributed by atoms with E-state index in [0.717, 1.165) is 30.5 Å². The minimum absolute atomic E-state index is 0.0347. The zero-order valence-corrected chi connectivity index (χ0v) is 10.6. The lowest BCUT2D eigenvalue weighted by Crippen LogP contribution is -2.24. The van der Waals surface area contributed by atoms with E-state index in [4.69, 9.17) is 5.84 Å². The largest absolute Gasteiger partial charge is 0.308 e. The third kappa shape index (κ3) is 2.13. The number of aromatic nitrogens is 2. The second kappa shape index (κ2) is 4.85. The molecule has 2 aromatic rings. The molecule has 98 valence electrons. The van der Waals surface area contributed by atoms with E-state index in [9.17, 15) is 4.79 Å². The predicted molar refractivity (Wildman–Crippen MR) is 73.9 cm³/mol. The molecule has 0 fully saturated rings. The molecule has 0 aliphatic heterocycles. The Morgan fingerprint density at radius 2 is 2.21 bits per heavy atom. The number of nitrogen functional groups attached to an aromatic ring is 1. The van der Waals surface area contributed by atoms with E-state index in [1.165, 1.54) is 5.56 Å². The monoisotopic (exact) mass is 256 g/mol. The number of nitrogens with one attached hydrogen (secondary N) is 1. The van der Waals surface area contributed by atoms with Crippen LogP contribution >= 0.6 is 0 Å². The molecule has 0 amide bonds. The van der Waals surface area contributed by atoms with Gasteiger partial charge in [-0.25, -0.2) is 10.8 Å². The number of aryl methyl sites for hydroxylation is 1. The van der Waals surface area contributed by atoms with Crippen molar-refractivity contribution in [2.45, 2.75) is 25.8 Å². The third-order valence-electron chi connectivity index (χ3n) is 3.61. The van der Waals surface area contributed by atoms with E-state index in [1.54, 1.807) is 12.3 Å². The van der Waals surface area contributed by atoms with Crippen LogP contribution in [0.15, 0.2) is 35.3 Å².